The van der Waals surface area contributed by atoms with Gasteiger partial charge in [-0.3, -0.25) is 4.79 Å². The van der Waals surface area contributed by atoms with E-state index in [0.717, 1.165) is 36.2 Å². The lowest BCUT2D eigenvalue weighted by Gasteiger charge is -2.28. The van der Waals surface area contributed by atoms with Gasteiger partial charge in [0.05, 0.1) is 12.5 Å². The lowest BCUT2D eigenvalue weighted by atomic mass is 9.93. The predicted molar refractivity (Wildman–Crippen MR) is 117 cm³/mol. The smallest absolute Gasteiger partial charge is 0.226 e. The topological polar surface area (TPSA) is 72.8 Å². The van der Waals surface area contributed by atoms with Crippen LogP contribution in [-0.2, 0) is 17.6 Å². The van der Waals surface area contributed by atoms with E-state index in [4.69, 9.17) is 0 Å². The zero-order valence-electron chi connectivity index (χ0n) is 18.0. The first-order valence-corrected chi connectivity index (χ1v) is 10.3. The molecular formula is C24H34N2O3. The molecule has 0 saturated heterocycles. The Kier molecular flexibility index (Phi) is 8.23. The summed E-state index contributed by atoms with van der Waals surface area (Å²) in [5.74, 6) is 0.343. The van der Waals surface area contributed by atoms with Crippen molar-refractivity contribution in [1.29, 1.82) is 0 Å². The number of amides is 1. The number of hydrogen-bond acceptors (Lipinski definition) is 4. The average molecular weight is 399 g/mol. The van der Waals surface area contributed by atoms with Crippen LogP contribution >= 0.6 is 0 Å². The molecule has 0 aliphatic heterocycles. The lowest BCUT2D eigenvalue weighted by molar-refractivity contribution is -0.130. The first-order valence-electron chi connectivity index (χ1n) is 10.3. The van der Waals surface area contributed by atoms with Gasteiger partial charge in [0, 0.05) is 25.2 Å². The molecule has 1 atom stereocenters. The van der Waals surface area contributed by atoms with Crippen LogP contribution in [0.5, 0.6) is 5.75 Å². The molecule has 0 heterocycles. The Balaban J connectivity index is 1.95. The number of carbonyl (C=O) groups excluding carboxylic acids is 1. The number of phenolic OH excluding ortho intramolecular Hbond substituents is 1. The molecule has 0 bridgehead atoms. The van der Waals surface area contributed by atoms with E-state index in [9.17, 15) is 15.0 Å². The minimum absolute atomic E-state index is 0.154. The molecule has 0 aliphatic carbocycles. The van der Waals surface area contributed by atoms with Crippen LogP contribution in [0.2, 0.25) is 0 Å². The van der Waals surface area contributed by atoms with Crippen molar-refractivity contribution in [3.05, 3.63) is 65.2 Å². The Labute approximate surface area is 174 Å². The largest absolute Gasteiger partial charge is 0.508 e. The van der Waals surface area contributed by atoms with Gasteiger partial charge in [0.1, 0.15) is 5.75 Å². The molecule has 0 aliphatic rings. The number of hydrogen-bond donors (Lipinski definition) is 3. The van der Waals surface area contributed by atoms with Crippen molar-refractivity contribution in [1.82, 2.24) is 10.2 Å². The molecule has 29 heavy (non-hydrogen) atoms. The van der Waals surface area contributed by atoms with Crippen molar-refractivity contribution in [3.63, 3.8) is 0 Å². The fraction of sp³-hybridized carbons (Fsp3) is 0.458. The van der Waals surface area contributed by atoms with Gasteiger partial charge in [0.15, 0.2) is 0 Å². The van der Waals surface area contributed by atoms with E-state index >= 15 is 0 Å². The van der Waals surface area contributed by atoms with E-state index in [2.05, 4.69) is 31.3 Å². The number of rotatable bonds is 10. The maximum absolute atomic E-state index is 12.4. The molecule has 2 rings (SSSR count). The minimum Gasteiger partial charge on any atom is -0.508 e. The Morgan fingerprint density at radius 1 is 1.07 bits per heavy atom. The number of likely N-dealkylation sites (N-methyl/N-ethyl adjacent to an activating group) is 1. The highest BCUT2D eigenvalue weighted by atomic mass is 16.3. The second-order valence-electron chi connectivity index (χ2n) is 8.11. The maximum Gasteiger partial charge on any atom is 0.226 e. The van der Waals surface area contributed by atoms with Crippen LogP contribution < -0.4 is 5.32 Å². The number of nitrogens with zero attached hydrogens (tertiary/aromatic N) is 1. The Morgan fingerprint density at radius 2 is 1.69 bits per heavy atom. The molecule has 2 aromatic rings. The van der Waals surface area contributed by atoms with E-state index < -0.39 is 6.10 Å². The fourth-order valence-electron chi connectivity index (χ4n) is 3.47. The summed E-state index contributed by atoms with van der Waals surface area (Å²) in [7, 11) is 0. The molecule has 0 radical (unpaired) electrons. The first-order chi connectivity index (χ1) is 13.7. The zero-order valence-corrected chi connectivity index (χ0v) is 18.0. The predicted octanol–water partition coefficient (Wildman–Crippen LogP) is 3.45. The van der Waals surface area contributed by atoms with Gasteiger partial charge in [-0.1, -0.05) is 36.4 Å². The van der Waals surface area contributed by atoms with E-state index in [1.165, 1.54) is 0 Å². The second kappa shape index (κ2) is 10.4. The normalized spacial score (nSPS) is 12.6. The number of nitrogens with one attached hydrogen (secondary N) is 1. The number of aromatic hydroxyl groups is 1. The summed E-state index contributed by atoms with van der Waals surface area (Å²) in [6, 6.07) is 14.8. The van der Waals surface area contributed by atoms with E-state index in [1.54, 1.807) is 24.3 Å². The molecule has 0 fully saturated rings. The molecule has 1 unspecified atom stereocenters. The van der Waals surface area contributed by atoms with Crippen LogP contribution in [0.25, 0.3) is 0 Å². The van der Waals surface area contributed by atoms with E-state index in [-0.39, 0.29) is 17.2 Å². The summed E-state index contributed by atoms with van der Waals surface area (Å²) in [6.07, 6.45) is 0.554. The molecule has 0 spiro atoms. The molecule has 0 aromatic heterocycles. The maximum atomic E-state index is 12.4. The summed E-state index contributed by atoms with van der Waals surface area (Å²) in [6.45, 7) is 10.1. The van der Waals surface area contributed by atoms with Crippen LogP contribution in [0.3, 0.4) is 0 Å². The van der Waals surface area contributed by atoms with E-state index in [0.29, 0.717) is 13.0 Å². The van der Waals surface area contributed by atoms with E-state index in [1.807, 2.05) is 30.9 Å². The Bertz CT molecular complexity index is 783. The average Bonchev–Trinajstić information content (AvgIpc) is 2.67. The highest BCUT2D eigenvalue weighted by molar-refractivity contribution is 5.78. The number of aliphatic hydroxyl groups excluding tert-OH is 1. The third-order valence-electron chi connectivity index (χ3n) is 5.16. The molecule has 158 valence electrons. The highest BCUT2D eigenvalue weighted by Gasteiger charge is 2.20. The van der Waals surface area contributed by atoms with Crippen LogP contribution in [-0.4, -0.2) is 46.2 Å². The monoisotopic (exact) mass is 398 g/mol. The zero-order chi connectivity index (χ0) is 21.4. The second-order valence-corrected chi connectivity index (χ2v) is 8.11. The van der Waals surface area contributed by atoms with Crippen LogP contribution in [0.4, 0.5) is 0 Å². The van der Waals surface area contributed by atoms with Crippen molar-refractivity contribution in [2.75, 3.05) is 19.6 Å². The Hall–Kier alpha value is -2.37. The SMILES string of the molecule is CCN(CC)C(=O)Cc1cccc(CC(C)(C)NCC(O)c2ccc(O)cc2)c1. The lowest BCUT2D eigenvalue weighted by Crippen LogP contribution is -2.43. The third-order valence-corrected chi connectivity index (χ3v) is 5.16. The molecule has 2 aromatic carbocycles. The van der Waals surface area contributed by atoms with Gasteiger partial charge in [-0.25, -0.2) is 0 Å². The number of phenols is 1. The third kappa shape index (κ3) is 7.18. The summed E-state index contributed by atoms with van der Waals surface area (Å²) < 4.78 is 0. The van der Waals surface area contributed by atoms with Crippen molar-refractivity contribution in [2.24, 2.45) is 0 Å². The fourth-order valence-corrected chi connectivity index (χ4v) is 3.47. The van der Waals surface area contributed by atoms with Crippen molar-refractivity contribution in [2.45, 2.75) is 52.2 Å². The van der Waals surface area contributed by atoms with Gasteiger partial charge < -0.3 is 20.4 Å². The molecule has 5 heteroatoms. The summed E-state index contributed by atoms with van der Waals surface area (Å²) in [4.78, 5) is 14.2. The molecule has 5 nitrogen and oxygen atoms in total. The molecular weight excluding hydrogens is 364 g/mol. The highest BCUT2D eigenvalue weighted by Crippen LogP contribution is 2.19. The number of aliphatic hydroxyl groups is 1. The minimum atomic E-state index is -0.645. The van der Waals surface area contributed by atoms with Gasteiger partial charge in [-0.05, 0) is 62.9 Å². The summed E-state index contributed by atoms with van der Waals surface area (Å²) in [5, 5.41) is 23.2. The Morgan fingerprint density at radius 3 is 2.31 bits per heavy atom. The first kappa shape index (κ1) is 22.9. The van der Waals surface area contributed by atoms with Crippen LogP contribution in [0, 0.1) is 0 Å². The number of β-amino-alcohol motifs (C(OH)–C–C–N with tert-alkyl or cyclic N) is 1. The van der Waals surface area contributed by atoms with Gasteiger partial charge >= 0.3 is 0 Å². The summed E-state index contributed by atoms with van der Waals surface area (Å²) in [5.41, 5.74) is 2.73. The van der Waals surface area contributed by atoms with Crippen LogP contribution in [0.15, 0.2) is 48.5 Å². The van der Waals surface area contributed by atoms with Gasteiger partial charge in [0.25, 0.3) is 0 Å². The van der Waals surface area contributed by atoms with Crippen molar-refractivity contribution < 1.29 is 15.0 Å². The van der Waals surface area contributed by atoms with Crippen molar-refractivity contribution in [3.8, 4) is 5.75 Å². The number of benzene rings is 2. The quantitative estimate of drug-likeness (QED) is 0.573. The summed E-state index contributed by atoms with van der Waals surface area (Å²) >= 11 is 0. The molecule has 1 amide bonds. The van der Waals surface area contributed by atoms with Crippen LogP contribution in [0.1, 0.15) is 50.5 Å². The number of carbonyl (C=O) groups is 1. The van der Waals surface area contributed by atoms with Crippen molar-refractivity contribution >= 4 is 5.91 Å². The van der Waals surface area contributed by atoms with Gasteiger partial charge in [-0.15, -0.1) is 0 Å². The van der Waals surface area contributed by atoms with Gasteiger partial charge in [0.2, 0.25) is 5.91 Å². The molecule has 0 saturated carbocycles. The molecule has 3 N–H and O–H groups in total. The standard InChI is InChI=1S/C24H34N2O3/c1-5-26(6-2)23(29)15-18-8-7-9-19(14-18)16-24(3,4)25-17-22(28)20-10-12-21(27)13-11-20/h7-14,22,25,27-28H,5-6,15-17H2,1-4H3. The van der Waals surface area contributed by atoms with Gasteiger partial charge in [-0.2, -0.15) is 0 Å².